The van der Waals surface area contributed by atoms with Gasteiger partial charge in [-0.2, -0.15) is 70.2 Å². The van der Waals surface area contributed by atoms with Crippen molar-refractivity contribution >= 4 is 44.8 Å². The van der Waals surface area contributed by atoms with E-state index in [0.717, 1.165) is 0 Å². The summed E-state index contributed by atoms with van der Waals surface area (Å²) in [7, 11) is -5.88. The molecule has 0 spiro atoms. The molecule has 0 aromatic rings. The van der Waals surface area contributed by atoms with Crippen LogP contribution in [0.4, 0.5) is 70.2 Å². The summed E-state index contributed by atoms with van der Waals surface area (Å²) in [6.07, 6.45) is -29.4. The maximum atomic E-state index is 13.0. The number of halogens is 18. The Kier molecular flexibility index (Phi) is 7.43. The van der Waals surface area contributed by atoms with E-state index in [1.165, 1.54) is 0 Å². The van der Waals surface area contributed by atoms with E-state index in [0.29, 0.717) is 0 Å². The summed E-state index contributed by atoms with van der Waals surface area (Å²) in [6.45, 7) is 0. The van der Waals surface area contributed by atoms with Gasteiger partial charge in [-0.15, -0.1) is 0 Å². The third-order valence-electron chi connectivity index (χ3n) is 2.69. The Labute approximate surface area is 160 Å². The number of rotatable bonds is 5. The Morgan fingerprint density at radius 1 is 0.357 bits per heavy atom. The van der Waals surface area contributed by atoms with Gasteiger partial charge in [-0.1, -0.05) is 21.6 Å². The van der Waals surface area contributed by atoms with Gasteiger partial charge < -0.3 is 0 Å². The third-order valence-corrected chi connectivity index (χ3v) is 7.25. The first-order valence-electron chi connectivity index (χ1n) is 5.48. The lowest BCUT2D eigenvalue weighted by Gasteiger charge is -2.43. The molecule has 0 aromatic carbocycles. The molecule has 0 saturated carbocycles. The van der Waals surface area contributed by atoms with E-state index in [-0.39, 0.29) is 0 Å². The molecule has 0 aliphatic carbocycles. The number of hydrogen-bond donors (Lipinski definition) is 0. The summed E-state index contributed by atoms with van der Waals surface area (Å²) in [5, 5.41) is -13.3. The summed E-state index contributed by atoms with van der Waals surface area (Å²) in [4.78, 5) is 0. The van der Waals surface area contributed by atoms with Crippen molar-refractivity contribution in [1.29, 1.82) is 0 Å². The molecular formula is C8Cl2F16S2. The van der Waals surface area contributed by atoms with Crippen molar-refractivity contribution in [3.05, 3.63) is 0 Å². The molecule has 28 heavy (non-hydrogen) atoms. The molecule has 0 atom stereocenters. The second-order valence-corrected chi connectivity index (χ2v) is 8.02. The minimum Gasteiger partial charge on any atom is -0.186 e. The lowest BCUT2D eigenvalue weighted by Crippen LogP contribution is -2.66. The second kappa shape index (κ2) is 7.39. The third kappa shape index (κ3) is 4.43. The lowest BCUT2D eigenvalue weighted by atomic mass is 10.1. The van der Waals surface area contributed by atoms with Crippen molar-refractivity contribution in [1.82, 2.24) is 0 Å². The van der Waals surface area contributed by atoms with Gasteiger partial charge in [0.15, 0.2) is 0 Å². The molecule has 0 heterocycles. The van der Waals surface area contributed by atoms with Crippen LogP contribution in [0.3, 0.4) is 0 Å². The largest absolute Gasteiger partial charge is 0.420 e. The summed E-state index contributed by atoms with van der Waals surface area (Å²) in [5.74, 6) is 0. The maximum Gasteiger partial charge on any atom is 0.420 e. The Hall–Kier alpha value is 0.160. The van der Waals surface area contributed by atoms with Crippen LogP contribution in [0.15, 0.2) is 0 Å². The zero-order valence-corrected chi connectivity index (χ0v) is 14.8. The molecule has 0 unspecified atom stereocenters. The van der Waals surface area contributed by atoms with E-state index in [1.807, 2.05) is 0 Å². The van der Waals surface area contributed by atoms with Gasteiger partial charge in [-0.25, -0.2) is 0 Å². The van der Waals surface area contributed by atoms with Crippen LogP contribution < -0.4 is 0 Å². The molecule has 0 bridgehead atoms. The normalized spacial score (nSPS) is 16.5. The smallest absolute Gasteiger partial charge is 0.186 e. The molecule has 0 rings (SSSR count). The van der Waals surface area contributed by atoms with E-state index >= 15 is 0 Å². The van der Waals surface area contributed by atoms with Crippen LogP contribution in [-0.2, 0) is 0 Å². The zero-order valence-electron chi connectivity index (χ0n) is 11.6. The summed E-state index contributed by atoms with van der Waals surface area (Å²) >= 11 is 7.41. The predicted octanol–water partition coefficient (Wildman–Crippen LogP) is 7.76. The fourth-order valence-corrected chi connectivity index (χ4v) is 5.64. The van der Waals surface area contributed by atoms with Crippen LogP contribution in [0.1, 0.15) is 0 Å². The van der Waals surface area contributed by atoms with E-state index in [9.17, 15) is 70.2 Å². The first kappa shape index (κ1) is 28.2. The highest BCUT2D eigenvalue weighted by Gasteiger charge is 2.88. The second-order valence-electron chi connectivity index (χ2n) is 4.52. The molecule has 0 N–H and O–H groups in total. The van der Waals surface area contributed by atoms with E-state index in [4.69, 9.17) is 0 Å². The van der Waals surface area contributed by atoms with Crippen LogP contribution in [0.25, 0.3) is 0 Å². The highest BCUT2D eigenvalue weighted by atomic mass is 35.5. The number of hydrogen-bond acceptors (Lipinski definition) is 2. The standard InChI is InChI=1S/C8Cl2F16S2/c9-3(11,12)1(5(15,16)17,6(18,19)20)27-28-2(4(10,13)14,7(21,22)23)8(24,25)26. The zero-order chi connectivity index (χ0) is 23.4. The van der Waals surface area contributed by atoms with Gasteiger partial charge in [-0.05, 0) is 23.2 Å². The van der Waals surface area contributed by atoms with Gasteiger partial charge in [0.2, 0.25) is 0 Å². The predicted molar refractivity (Wildman–Crippen MR) is 66.5 cm³/mol. The van der Waals surface area contributed by atoms with Gasteiger partial charge in [0.05, 0.1) is 0 Å². The van der Waals surface area contributed by atoms with Crippen LogP contribution in [0.2, 0.25) is 0 Å². The van der Waals surface area contributed by atoms with Crippen LogP contribution in [0.5, 0.6) is 0 Å². The molecule has 170 valence electrons. The molecule has 0 saturated heterocycles. The summed E-state index contributed by atoms with van der Waals surface area (Å²) in [6, 6.07) is 0. The van der Waals surface area contributed by atoms with Crippen LogP contribution in [0, 0.1) is 0 Å². The van der Waals surface area contributed by atoms with Gasteiger partial charge in [0.1, 0.15) is 0 Å². The highest BCUT2D eigenvalue weighted by molar-refractivity contribution is 8.77. The Balaban J connectivity index is 6.89. The first-order valence-corrected chi connectivity index (χ1v) is 8.38. The van der Waals surface area contributed by atoms with E-state index < -0.39 is 66.6 Å². The molecule has 0 amide bonds. The van der Waals surface area contributed by atoms with Crippen LogP contribution >= 0.6 is 44.8 Å². The number of alkyl halides is 18. The lowest BCUT2D eigenvalue weighted by molar-refractivity contribution is -0.302. The monoisotopic (exact) mass is 534 g/mol. The Bertz CT molecular complexity index is 424. The fourth-order valence-electron chi connectivity index (χ4n) is 1.37. The van der Waals surface area contributed by atoms with Gasteiger partial charge >= 0.3 is 35.5 Å². The topological polar surface area (TPSA) is 0 Å². The molecule has 0 aromatic heterocycles. The van der Waals surface area contributed by atoms with Crippen LogP contribution in [-0.4, -0.2) is 45.0 Å². The molecule has 20 heteroatoms. The van der Waals surface area contributed by atoms with Crippen molar-refractivity contribution in [3.8, 4) is 0 Å². The fraction of sp³-hybridized carbons (Fsp3) is 1.00. The van der Waals surface area contributed by atoms with E-state index in [1.54, 1.807) is 0 Å². The molecular weight excluding hydrogens is 535 g/mol. The van der Waals surface area contributed by atoms with Gasteiger partial charge in [0, 0.05) is 0 Å². The van der Waals surface area contributed by atoms with Gasteiger partial charge in [0.25, 0.3) is 9.49 Å². The summed E-state index contributed by atoms with van der Waals surface area (Å²) in [5.41, 5.74) is 0. The molecule has 0 aliphatic rings. The molecule has 0 nitrogen and oxygen atoms in total. The molecule has 0 aliphatic heterocycles. The minimum absolute atomic E-state index is 2.94. The minimum atomic E-state index is -7.36. The molecule has 0 radical (unpaired) electrons. The first-order chi connectivity index (χ1) is 11.7. The quantitative estimate of drug-likeness (QED) is 0.201. The molecule has 0 fully saturated rings. The van der Waals surface area contributed by atoms with Crippen molar-refractivity contribution in [3.63, 3.8) is 0 Å². The summed E-state index contributed by atoms with van der Waals surface area (Å²) < 4.78 is 191. The van der Waals surface area contributed by atoms with Crippen molar-refractivity contribution in [2.24, 2.45) is 0 Å². The van der Waals surface area contributed by atoms with Crippen molar-refractivity contribution < 1.29 is 70.2 Å². The highest BCUT2D eigenvalue weighted by Crippen LogP contribution is 2.71. The SMILES string of the molecule is FC(F)(F)C(SSC(C(F)(F)F)(C(F)(F)F)C(F)(F)Cl)(C(F)(F)F)C(F)(F)Cl. The van der Waals surface area contributed by atoms with Gasteiger partial charge in [-0.3, -0.25) is 0 Å². The Morgan fingerprint density at radius 2 is 0.500 bits per heavy atom. The van der Waals surface area contributed by atoms with Crippen molar-refractivity contribution in [2.75, 3.05) is 0 Å². The average molecular weight is 535 g/mol. The maximum absolute atomic E-state index is 13.0. The average Bonchev–Trinajstić information content (AvgIpc) is 2.23. The van der Waals surface area contributed by atoms with E-state index in [2.05, 4.69) is 23.2 Å². The van der Waals surface area contributed by atoms with Crippen molar-refractivity contribution in [2.45, 2.75) is 45.0 Å². The Morgan fingerprint density at radius 3 is 0.571 bits per heavy atom.